The molecule has 0 saturated carbocycles. The van der Waals surface area contributed by atoms with Gasteiger partial charge in [-0.3, -0.25) is 9.19 Å². The van der Waals surface area contributed by atoms with Crippen LogP contribution in [-0.4, -0.2) is 38.0 Å². The second-order valence-corrected chi connectivity index (χ2v) is 5.36. The number of aliphatic hydroxyl groups is 1. The Morgan fingerprint density at radius 3 is 2.82 bits per heavy atom. The van der Waals surface area contributed by atoms with Gasteiger partial charge in [-0.05, 0) is 6.92 Å². The van der Waals surface area contributed by atoms with Gasteiger partial charge in [-0.1, -0.05) is 0 Å². The summed E-state index contributed by atoms with van der Waals surface area (Å²) in [5.74, 6) is 0.681. The molecule has 0 amide bonds. The molecule has 0 aliphatic rings. The fraction of sp³-hybridized carbons (Fsp3) is 0.545. The Balaban J connectivity index is 2.68. The first kappa shape index (κ1) is 14.1. The first-order valence-corrected chi connectivity index (χ1v) is 7.07. The Morgan fingerprint density at radius 1 is 1.53 bits per heavy atom. The lowest BCUT2D eigenvalue weighted by molar-refractivity contribution is 0.278. The van der Waals surface area contributed by atoms with Crippen molar-refractivity contribution in [2.75, 3.05) is 18.6 Å². The smallest absolute Gasteiger partial charge is 0.141 e. The number of nitrogens with zero attached hydrogens (tertiary/aromatic N) is 1. The maximum absolute atomic E-state index is 10.9. The molecule has 1 aromatic heterocycles. The highest BCUT2D eigenvalue weighted by atomic mass is 32.2. The zero-order valence-electron chi connectivity index (χ0n) is 10.1. The molecule has 1 rings (SSSR count). The zero-order chi connectivity index (χ0) is 12.8. The standard InChI is InChI=1S/C11H18N2O3S/c1-8-11(15)10(9(7-14)5-13-8)6-12-3-4-17(2)16/h5,12,14-15H,3-4,6-7H2,1-2H3. The van der Waals surface area contributed by atoms with Crippen molar-refractivity contribution in [3.8, 4) is 5.75 Å². The van der Waals surface area contributed by atoms with Gasteiger partial charge < -0.3 is 15.5 Å². The Kier molecular flexibility index (Phi) is 5.54. The molecule has 0 fully saturated rings. The van der Waals surface area contributed by atoms with Gasteiger partial charge >= 0.3 is 0 Å². The van der Waals surface area contributed by atoms with E-state index in [1.165, 1.54) is 0 Å². The van der Waals surface area contributed by atoms with Crippen molar-refractivity contribution in [1.29, 1.82) is 0 Å². The first-order chi connectivity index (χ1) is 8.06. The van der Waals surface area contributed by atoms with Crippen LogP contribution < -0.4 is 5.32 Å². The van der Waals surface area contributed by atoms with Gasteiger partial charge in [0.25, 0.3) is 0 Å². The largest absolute Gasteiger partial charge is 0.506 e. The van der Waals surface area contributed by atoms with Gasteiger partial charge in [-0.15, -0.1) is 0 Å². The molecule has 1 heterocycles. The first-order valence-electron chi connectivity index (χ1n) is 5.34. The van der Waals surface area contributed by atoms with E-state index >= 15 is 0 Å². The minimum Gasteiger partial charge on any atom is -0.506 e. The fourth-order valence-electron chi connectivity index (χ4n) is 1.45. The van der Waals surface area contributed by atoms with E-state index in [9.17, 15) is 9.32 Å². The quantitative estimate of drug-likeness (QED) is 0.628. The van der Waals surface area contributed by atoms with E-state index in [1.54, 1.807) is 19.4 Å². The van der Waals surface area contributed by atoms with Crippen LogP contribution in [0.5, 0.6) is 5.75 Å². The van der Waals surface area contributed by atoms with Crippen molar-refractivity contribution in [1.82, 2.24) is 10.3 Å². The average molecular weight is 258 g/mol. The average Bonchev–Trinajstić information content (AvgIpc) is 2.29. The van der Waals surface area contributed by atoms with E-state index in [0.717, 1.165) is 0 Å². The molecule has 0 aromatic carbocycles. The predicted octanol–water partition coefficient (Wildman–Crippen LogP) is 0.0560. The Bertz CT molecular complexity index is 410. The fourth-order valence-corrected chi connectivity index (χ4v) is 1.88. The molecule has 1 aromatic rings. The van der Waals surface area contributed by atoms with Gasteiger partial charge in [-0.25, -0.2) is 0 Å². The molecule has 0 spiro atoms. The molecule has 0 saturated heterocycles. The number of rotatable bonds is 6. The Hall–Kier alpha value is -0.980. The van der Waals surface area contributed by atoms with Gasteiger partial charge in [-0.2, -0.15) is 0 Å². The summed E-state index contributed by atoms with van der Waals surface area (Å²) in [6.45, 7) is 2.59. The van der Waals surface area contributed by atoms with Crippen molar-refractivity contribution >= 4 is 10.8 Å². The van der Waals surface area contributed by atoms with Gasteiger partial charge in [0.15, 0.2) is 0 Å². The van der Waals surface area contributed by atoms with Crippen molar-refractivity contribution in [2.24, 2.45) is 0 Å². The molecule has 1 unspecified atom stereocenters. The third kappa shape index (κ3) is 4.07. The van der Waals surface area contributed by atoms with E-state index < -0.39 is 10.8 Å². The summed E-state index contributed by atoms with van der Waals surface area (Å²) in [4.78, 5) is 3.98. The van der Waals surface area contributed by atoms with Crippen molar-refractivity contribution in [3.63, 3.8) is 0 Å². The van der Waals surface area contributed by atoms with Crippen molar-refractivity contribution in [2.45, 2.75) is 20.1 Å². The van der Waals surface area contributed by atoms with E-state index in [4.69, 9.17) is 5.11 Å². The van der Waals surface area contributed by atoms with Crippen LogP contribution >= 0.6 is 0 Å². The Labute approximate surface area is 103 Å². The van der Waals surface area contributed by atoms with Gasteiger partial charge in [0.05, 0.1) is 12.3 Å². The minimum atomic E-state index is -0.827. The molecule has 1 atom stereocenters. The molecule has 6 heteroatoms. The van der Waals surface area contributed by atoms with E-state index in [-0.39, 0.29) is 12.4 Å². The molecular weight excluding hydrogens is 240 g/mol. The van der Waals surface area contributed by atoms with E-state index in [2.05, 4.69) is 10.3 Å². The third-order valence-electron chi connectivity index (χ3n) is 2.47. The normalized spacial score (nSPS) is 12.6. The number of hydrogen-bond acceptors (Lipinski definition) is 5. The van der Waals surface area contributed by atoms with Crippen LogP contribution in [0.4, 0.5) is 0 Å². The van der Waals surface area contributed by atoms with Crippen LogP contribution in [0.15, 0.2) is 6.20 Å². The van der Waals surface area contributed by atoms with Gasteiger partial charge in [0, 0.05) is 53.2 Å². The number of aliphatic hydroxyl groups excluding tert-OH is 1. The van der Waals surface area contributed by atoms with Gasteiger partial charge in [0.1, 0.15) is 5.75 Å². The predicted molar refractivity (Wildman–Crippen MR) is 67.2 cm³/mol. The third-order valence-corrected chi connectivity index (χ3v) is 3.25. The summed E-state index contributed by atoms with van der Waals surface area (Å²) in [5, 5.41) is 22.1. The summed E-state index contributed by atoms with van der Waals surface area (Å²) in [6, 6.07) is 0. The molecule has 17 heavy (non-hydrogen) atoms. The lowest BCUT2D eigenvalue weighted by Crippen LogP contribution is -2.20. The summed E-state index contributed by atoms with van der Waals surface area (Å²) < 4.78 is 10.9. The van der Waals surface area contributed by atoms with Crippen LogP contribution in [0.3, 0.4) is 0 Å². The second kappa shape index (κ2) is 6.68. The van der Waals surface area contributed by atoms with Crippen LogP contribution in [0.2, 0.25) is 0 Å². The number of aromatic nitrogens is 1. The molecule has 0 aliphatic carbocycles. The number of hydrogen-bond donors (Lipinski definition) is 3. The van der Waals surface area contributed by atoms with Crippen LogP contribution in [0, 0.1) is 6.92 Å². The molecule has 0 aliphatic heterocycles. The highest BCUT2D eigenvalue weighted by molar-refractivity contribution is 7.84. The summed E-state index contributed by atoms with van der Waals surface area (Å²) in [7, 11) is -0.827. The number of aromatic hydroxyl groups is 1. The molecule has 0 radical (unpaired) electrons. The lowest BCUT2D eigenvalue weighted by Gasteiger charge is -2.11. The summed E-state index contributed by atoms with van der Waals surface area (Å²) >= 11 is 0. The highest BCUT2D eigenvalue weighted by Gasteiger charge is 2.10. The molecule has 5 nitrogen and oxygen atoms in total. The maximum atomic E-state index is 10.9. The number of pyridine rings is 1. The van der Waals surface area contributed by atoms with E-state index in [1.807, 2.05) is 0 Å². The van der Waals surface area contributed by atoms with Gasteiger partial charge in [0.2, 0.25) is 0 Å². The minimum absolute atomic E-state index is 0.113. The van der Waals surface area contributed by atoms with Crippen LogP contribution in [0.1, 0.15) is 16.8 Å². The van der Waals surface area contributed by atoms with E-state index in [0.29, 0.717) is 35.7 Å². The second-order valence-electron chi connectivity index (χ2n) is 3.81. The van der Waals surface area contributed by atoms with Crippen LogP contribution in [-0.2, 0) is 24.0 Å². The highest BCUT2D eigenvalue weighted by Crippen LogP contribution is 2.23. The summed E-state index contributed by atoms with van der Waals surface area (Å²) in [6.07, 6.45) is 3.21. The topological polar surface area (TPSA) is 82.5 Å². The SMILES string of the molecule is Cc1ncc(CO)c(CNCCS(C)=O)c1O. The molecule has 0 bridgehead atoms. The lowest BCUT2D eigenvalue weighted by atomic mass is 10.1. The molecule has 3 N–H and O–H groups in total. The molecule has 96 valence electrons. The number of nitrogens with one attached hydrogen (secondary N) is 1. The van der Waals surface area contributed by atoms with Crippen molar-refractivity contribution < 1.29 is 14.4 Å². The van der Waals surface area contributed by atoms with Crippen molar-refractivity contribution in [3.05, 3.63) is 23.0 Å². The van der Waals surface area contributed by atoms with Crippen LogP contribution in [0.25, 0.3) is 0 Å². The zero-order valence-corrected chi connectivity index (χ0v) is 10.9. The maximum Gasteiger partial charge on any atom is 0.141 e. The molecular formula is C11H18N2O3S. The Morgan fingerprint density at radius 2 is 2.24 bits per heavy atom. The number of aryl methyl sites for hydroxylation is 1. The monoisotopic (exact) mass is 258 g/mol. The summed E-state index contributed by atoms with van der Waals surface area (Å²) in [5.41, 5.74) is 1.80.